The molecule has 0 radical (unpaired) electrons. The third kappa shape index (κ3) is 4.85. The van der Waals surface area contributed by atoms with E-state index in [-0.39, 0.29) is 24.8 Å². The molecular formula is C16H22N2O5. The summed E-state index contributed by atoms with van der Waals surface area (Å²) in [6.07, 6.45) is 0.247. The molecular weight excluding hydrogens is 300 g/mol. The number of carbonyl (C=O) groups is 2. The molecule has 7 nitrogen and oxygen atoms in total. The molecule has 7 heteroatoms. The monoisotopic (exact) mass is 322 g/mol. The standard InChI is InChI=1S/C16H22N2O5/c1-21-13-4-3-12(9-14(13)22-2)10-15(19)17-5-6-18-7-8-23-11-16(18)20/h3-4,9H,5-8,10-11H2,1-2H3,(H,17,19). The fraction of sp³-hybridized carbons (Fsp3) is 0.500. The number of morpholine rings is 1. The summed E-state index contributed by atoms with van der Waals surface area (Å²) < 4.78 is 15.4. The molecule has 0 aromatic heterocycles. The van der Waals surface area contributed by atoms with Crippen LogP contribution in [0.1, 0.15) is 5.56 Å². The van der Waals surface area contributed by atoms with Gasteiger partial charge in [0.15, 0.2) is 11.5 Å². The maximum Gasteiger partial charge on any atom is 0.248 e. The lowest BCUT2D eigenvalue weighted by Crippen LogP contribution is -2.45. The predicted octanol–water partition coefficient (Wildman–Crippen LogP) is 0.221. The molecule has 0 aliphatic carbocycles. The maximum absolute atomic E-state index is 12.0. The molecule has 0 atom stereocenters. The maximum atomic E-state index is 12.0. The number of nitrogens with one attached hydrogen (secondary N) is 1. The van der Waals surface area contributed by atoms with Gasteiger partial charge in [-0.25, -0.2) is 0 Å². The summed E-state index contributed by atoms with van der Waals surface area (Å²) in [5.41, 5.74) is 0.836. The zero-order valence-electron chi connectivity index (χ0n) is 13.5. The molecule has 1 saturated heterocycles. The topological polar surface area (TPSA) is 77.1 Å². The van der Waals surface area contributed by atoms with Crippen LogP contribution < -0.4 is 14.8 Å². The van der Waals surface area contributed by atoms with Gasteiger partial charge in [-0.05, 0) is 17.7 Å². The van der Waals surface area contributed by atoms with Crippen molar-refractivity contribution >= 4 is 11.8 Å². The Morgan fingerprint density at radius 2 is 2.09 bits per heavy atom. The van der Waals surface area contributed by atoms with E-state index in [1.54, 1.807) is 31.3 Å². The van der Waals surface area contributed by atoms with Gasteiger partial charge in [0.2, 0.25) is 11.8 Å². The third-order valence-corrected chi connectivity index (χ3v) is 3.60. The van der Waals surface area contributed by atoms with Crippen LogP contribution >= 0.6 is 0 Å². The highest BCUT2D eigenvalue weighted by atomic mass is 16.5. The molecule has 0 spiro atoms. The fourth-order valence-corrected chi connectivity index (χ4v) is 2.36. The minimum atomic E-state index is -0.0991. The number of ether oxygens (including phenoxy) is 3. The van der Waals surface area contributed by atoms with Crippen LogP contribution in [0.5, 0.6) is 11.5 Å². The Morgan fingerprint density at radius 3 is 2.78 bits per heavy atom. The second-order valence-corrected chi connectivity index (χ2v) is 5.15. The Hall–Kier alpha value is -2.28. The molecule has 0 bridgehead atoms. The SMILES string of the molecule is COc1ccc(CC(=O)NCCN2CCOCC2=O)cc1OC. The van der Waals surface area contributed by atoms with Crippen molar-refractivity contribution in [3.8, 4) is 11.5 Å². The first-order chi connectivity index (χ1) is 11.1. The second-order valence-electron chi connectivity index (χ2n) is 5.15. The van der Waals surface area contributed by atoms with E-state index in [1.807, 2.05) is 6.07 Å². The Labute approximate surface area is 135 Å². The molecule has 1 aromatic rings. The van der Waals surface area contributed by atoms with E-state index in [9.17, 15) is 9.59 Å². The van der Waals surface area contributed by atoms with E-state index in [2.05, 4.69) is 5.32 Å². The Morgan fingerprint density at radius 1 is 1.30 bits per heavy atom. The lowest BCUT2D eigenvalue weighted by Gasteiger charge is -2.26. The molecule has 126 valence electrons. The number of benzene rings is 1. The molecule has 2 amide bonds. The average molecular weight is 322 g/mol. The minimum Gasteiger partial charge on any atom is -0.493 e. The largest absolute Gasteiger partial charge is 0.493 e. The van der Waals surface area contributed by atoms with E-state index in [0.29, 0.717) is 37.7 Å². The first-order valence-electron chi connectivity index (χ1n) is 7.47. The zero-order chi connectivity index (χ0) is 16.7. The lowest BCUT2D eigenvalue weighted by atomic mass is 10.1. The number of hydrogen-bond acceptors (Lipinski definition) is 5. The van der Waals surface area contributed by atoms with Crippen molar-refractivity contribution in [2.24, 2.45) is 0 Å². The number of hydrogen-bond donors (Lipinski definition) is 1. The van der Waals surface area contributed by atoms with Crippen molar-refractivity contribution < 1.29 is 23.8 Å². The quantitative estimate of drug-likeness (QED) is 0.777. The Kier molecular flexibility index (Phi) is 6.22. The number of amides is 2. The fourth-order valence-electron chi connectivity index (χ4n) is 2.36. The first-order valence-corrected chi connectivity index (χ1v) is 7.47. The molecule has 0 saturated carbocycles. The molecule has 1 aliphatic heterocycles. The summed E-state index contributed by atoms with van der Waals surface area (Å²) in [5.74, 6) is 1.09. The van der Waals surface area contributed by atoms with Gasteiger partial charge in [-0.2, -0.15) is 0 Å². The van der Waals surface area contributed by atoms with Crippen molar-refractivity contribution in [2.75, 3.05) is 47.1 Å². The molecule has 1 aromatic carbocycles. The number of methoxy groups -OCH3 is 2. The van der Waals surface area contributed by atoms with E-state index < -0.39 is 0 Å². The normalized spacial score (nSPS) is 14.5. The molecule has 23 heavy (non-hydrogen) atoms. The van der Waals surface area contributed by atoms with E-state index in [1.165, 1.54) is 0 Å². The summed E-state index contributed by atoms with van der Waals surface area (Å²) in [6.45, 7) is 2.17. The highest BCUT2D eigenvalue weighted by Crippen LogP contribution is 2.27. The number of nitrogens with zero attached hydrogens (tertiary/aromatic N) is 1. The third-order valence-electron chi connectivity index (χ3n) is 3.60. The molecule has 2 rings (SSSR count). The number of rotatable bonds is 7. The van der Waals surface area contributed by atoms with Gasteiger partial charge in [0, 0.05) is 19.6 Å². The van der Waals surface area contributed by atoms with Gasteiger partial charge in [0.1, 0.15) is 6.61 Å². The van der Waals surface area contributed by atoms with Crippen LogP contribution in [0.15, 0.2) is 18.2 Å². The van der Waals surface area contributed by atoms with Gasteiger partial charge in [0.25, 0.3) is 0 Å². The van der Waals surface area contributed by atoms with Crippen LogP contribution in [0.4, 0.5) is 0 Å². The average Bonchev–Trinajstić information content (AvgIpc) is 2.56. The molecule has 1 N–H and O–H groups in total. The summed E-state index contributed by atoms with van der Waals surface area (Å²) in [7, 11) is 3.12. The van der Waals surface area contributed by atoms with Crippen molar-refractivity contribution in [3.63, 3.8) is 0 Å². The Bertz CT molecular complexity index is 561. The summed E-state index contributed by atoms with van der Waals surface area (Å²) in [5, 5.41) is 2.82. The summed E-state index contributed by atoms with van der Waals surface area (Å²) >= 11 is 0. The lowest BCUT2D eigenvalue weighted by molar-refractivity contribution is -0.142. The van der Waals surface area contributed by atoms with E-state index >= 15 is 0 Å². The van der Waals surface area contributed by atoms with Gasteiger partial charge in [-0.15, -0.1) is 0 Å². The van der Waals surface area contributed by atoms with Crippen molar-refractivity contribution in [1.82, 2.24) is 10.2 Å². The first kappa shape index (κ1) is 17.1. The van der Waals surface area contributed by atoms with Gasteiger partial charge >= 0.3 is 0 Å². The van der Waals surface area contributed by atoms with Gasteiger partial charge < -0.3 is 24.4 Å². The Balaban J connectivity index is 1.79. The van der Waals surface area contributed by atoms with E-state index in [0.717, 1.165) is 5.56 Å². The molecule has 1 aliphatic rings. The zero-order valence-corrected chi connectivity index (χ0v) is 13.5. The van der Waals surface area contributed by atoms with Gasteiger partial charge in [-0.1, -0.05) is 6.07 Å². The van der Waals surface area contributed by atoms with Crippen molar-refractivity contribution in [1.29, 1.82) is 0 Å². The van der Waals surface area contributed by atoms with Gasteiger partial charge in [-0.3, -0.25) is 9.59 Å². The minimum absolute atomic E-state index is 0.0367. The van der Waals surface area contributed by atoms with Gasteiger partial charge in [0.05, 0.1) is 27.2 Å². The number of carbonyl (C=O) groups excluding carboxylic acids is 2. The summed E-state index contributed by atoms with van der Waals surface area (Å²) in [4.78, 5) is 25.2. The van der Waals surface area contributed by atoms with Crippen LogP contribution in [0.3, 0.4) is 0 Å². The second kappa shape index (κ2) is 8.38. The smallest absolute Gasteiger partial charge is 0.248 e. The summed E-state index contributed by atoms with van der Waals surface area (Å²) in [6, 6.07) is 5.38. The molecule has 1 heterocycles. The van der Waals surface area contributed by atoms with Crippen molar-refractivity contribution in [2.45, 2.75) is 6.42 Å². The van der Waals surface area contributed by atoms with E-state index in [4.69, 9.17) is 14.2 Å². The molecule has 1 fully saturated rings. The van der Waals surface area contributed by atoms with Crippen LogP contribution in [0, 0.1) is 0 Å². The molecule has 0 unspecified atom stereocenters. The van der Waals surface area contributed by atoms with Crippen LogP contribution in [0.2, 0.25) is 0 Å². The van der Waals surface area contributed by atoms with Crippen LogP contribution in [0.25, 0.3) is 0 Å². The van der Waals surface area contributed by atoms with Crippen molar-refractivity contribution in [3.05, 3.63) is 23.8 Å². The highest BCUT2D eigenvalue weighted by Gasteiger charge is 2.18. The van der Waals surface area contributed by atoms with Crippen LogP contribution in [-0.2, 0) is 20.7 Å². The van der Waals surface area contributed by atoms with Crippen LogP contribution in [-0.4, -0.2) is 63.8 Å². The predicted molar refractivity (Wildman–Crippen MR) is 83.7 cm³/mol. The highest BCUT2D eigenvalue weighted by molar-refractivity contribution is 5.79.